The highest BCUT2D eigenvalue weighted by Crippen LogP contribution is 2.15. The van der Waals surface area contributed by atoms with E-state index < -0.39 is 0 Å². The molecule has 0 fully saturated rings. The molecule has 0 spiro atoms. The van der Waals surface area contributed by atoms with Crippen molar-refractivity contribution in [3.05, 3.63) is 29.5 Å². The Morgan fingerprint density at radius 2 is 1.94 bits per heavy atom. The Balaban J connectivity index is 0.000000686. The van der Waals surface area contributed by atoms with Crippen molar-refractivity contribution in [1.82, 2.24) is 15.3 Å². The number of hydrogen-bond acceptors (Lipinski definition) is 5. The van der Waals surface area contributed by atoms with Gasteiger partial charge in [-0.2, -0.15) is 0 Å². The molecule has 17 heavy (non-hydrogen) atoms. The van der Waals surface area contributed by atoms with Crippen LogP contribution >= 0.6 is 0 Å². The van der Waals surface area contributed by atoms with Crippen LogP contribution in [0.4, 0.5) is 5.82 Å². The summed E-state index contributed by atoms with van der Waals surface area (Å²) in [6.45, 7) is 2.69. The number of nitrogens with one attached hydrogen (secondary N) is 1. The number of aliphatic hydroxyl groups excluding tert-OH is 1. The molecule has 0 amide bonds. The zero-order valence-corrected chi connectivity index (χ0v) is 10.4. The van der Waals surface area contributed by atoms with Crippen LogP contribution in [0.5, 0.6) is 0 Å². The van der Waals surface area contributed by atoms with Crippen molar-refractivity contribution < 1.29 is 5.11 Å². The van der Waals surface area contributed by atoms with Crippen molar-refractivity contribution in [2.45, 2.75) is 13.5 Å². The van der Waals surface area contributed by atoms with E-state index in [0.717, 1.165) is 30.4 Å². The number of aromatic nitrogens is 2. The molecule has 1 heterocycles. The SMILES string of the molecule is CNCc1ccc2nc(C)c(N)nc2c1.CO. The number of benzene rings is 1. The summed E-state index contributed by atoms with van der Waals surface area (Å²) >= 11 is 0. The Morgan fingerprint density at radius 1 is 1.24 bits per heavy atom. The Labute approximate surface area is 101 Å². The molecule has 0 radical (unpaired) electrons. The molecule has 5 heteroatoms. The average Bonchev–Trinajstić information content (AvgIpc) is 2.34. The zero-order chi connectivity index (χ0) is 12.8. The molecule has 5 nitrogen and oxygen atoms in total. The first-order valence-corrected chi connectivity index (χ1v) is 5.33. The maximum Gasteiger partial charge on any atom is 0.145 e. The minimum Gasteiger partial charge on any atom is -0.400 e. The van der Waals surface area contributed by atoms with E-state index in [1.165, 1.54) is 5.56 Å². The molecule has 0 atom stereocenters. The van der Waals surface area contributed by atoms with Crippen LogP contribution in [0.1, 0.15) is 11.3 Å². The molecule has 0 saturated carbocycles. The van der Waals surface area contributed by atoms with Gasteiger partial charge >= 0.3 is 0 Å². The number of nitrogen functional groups attached to an aromatic ring is 1. The smallest absolute Gasteiger partial charge is 0.145 e. The topological polar surface area (TPSA) is 84.1 Å². The van der Waals surface area contributed by atoms with Gasteiger partial charge in [0.25, 0.3) is 0 Å². The zero-order valence-electron chi connectivity index (χ0n) is 10.4. The van der Waals surface area contributed by atoms with Crippen molar-refractivity contribution in [1.29, 1.82) is 0 Å². The van der Waals surface area contributed by atoms with Crippen molar-refractivity contribution in [3.63, 3.8) is 0 Å². The molecule has 92 valence electrons. The lowest BCUT2D eigenvalue weighted by Crippen LogP contribution is -2.05. The lowest BCUT2D eigenvalue weighted by molar-refractivity contribution is 0.399. The second-order valence-corrected chi connectivity index (χ2v) is 3.55. The average molecular weight is 234 g/mol. The van der Waals surface area contributed by atoms with E-state index in [9.17, 15) is 0 Å². The van der Waals surface area contributed by atoms with Crippen molar-refractivity contribution in [3.8, 4) is 0 Å². The monoisotopic (exact) mass is 234 g/mol. The van der Waals surface area contributed by atoms with E-state index in [0.29, 0.717) is 5.82 Å². The standard InChI is InChI=1S/C11H14N4.CH4O/c1-7-11(12)15-10-5-8(6-13-2)3-4-9(10)14-7;1-2/h3-5,13H,6H2,1-2H3,(H2,12,15);2H,1H3. The van der Waals surface area contributed by atoms with E-state index in [2.05, 4.69) is 15.3 Å². The van der Waals surface area contributed by atoms with Gasteiger partial charge in [-0.15, -0.1) is 0 Å². The third kappa shape index (κ3) is 3.12. The molecular weight excluding hydrogens is 216 g/mol. The fourth-order valence-corrected chi connectivity index (χ4v) is 1.52. The van der Waals surface area contributed by atoms with Gasteiger partial charge < -0.3 is 16.2 Å². The van der Waals surface area contributed by atoms with Crippen LogP contribution in [0.2, 0.25) is 0 Å². The van der Waals surface area contributed by atoms with Crippen LogP contribution in [-0.4, -0.2) is 29.2 Å². The predicted octanol–water partition coefficient (Wildman–Crippen LogP) is 0.848. The van der Waals surface area contributed by atoms with Crippen LogP contribution in [-0.2, 0) is 6.54 Å². The Hall–Kier alpha value is -1.72. The van der Waals surface area contributed by atoms with Crippen molar-refractivity contribution >= 4 is 16.9 Å². The molecule has 0 saturated heterocycles. The van der Waals surface area contributed by atoms with E-state index in [1.807, 2.05) is 32.2 Å². The third-order valence-corrected chi connectivity index (χ3v) is 2.32. The van der Waals surface area contributed by atoms with Gasteiger partial charge in [0.05, 0.1) is 16.7 Å². The minimum absolute atomic E-state index is 0.504. The Bertz CT molecular complexity index is 499. The highest BCUT2D eigenvalue weighted by Gasteiger charge is 2.02. The van der Waals surface area contributed by atoms with Gasteiger partial charge in [-0.25, -0.2) is 9.97 Å². The maximum atomic E-state index is 7.00. The van der Waals surface area contributed by atoms with Gasteiger partial charge in [0, 0.05) is 13.7 Å². The van der Waals surface area contributed by atoms with Crippen LogP contribution in [0.3, 0.4) is 0 Å². The van der Waals surface area contributed by atoms with Crippen molar-refractivity contribution in [2.75, 3.05) is 19.9 Å². The molecule has 4 N–H and O–H groups in total. The summed E-state index contributed by atoms with van der Waals surface area (Å²) in [5, 5.41) is 10.1. The molecule has 0 aliphatic rings. The molecule has 0 unspecified atom stereocenters. The number of aliphatic hydroxyl groups is 1. The number of nitrogens with zero attached hydrogens (tertiary/aromatic N) is 2. The van der Waals surface area contributed by atoms with E-state index >= 15 is 0 Å². The summed E-state index contributed by atoms with van der Waals surface area (Å²) in [7, 11) is 2.92. The van der Waals surface area contributed by atoms with Crippen LogP contribution in [0, 0.1) is 6.92 Å². The number of aryl methyl sites for hydroxylation is 1. The summed E-state index contributed by atoms with van der Waals surface area (Å²) in [5.41, 5.74) is 9.43. The number of fused-ring (bicyclic) bond motifs is 1. The number of nitrogens with two attached hydrogens (primary N) is 1. The summed E-state index contributed by atoms with van der Waals surface area (Å²) in [4.78, 5) is 8.67. The molecule has 2 rings (SSSR count). The molecule has 0 bridgehead atoms. The highest BCUT2D eigenvalue weighted by molar-refractivity contribution is 5.76. The quantitative estimate of drug-likeness (QED) is 0.717. The highest BCUT2D eigenvalue weighted by atomic mass is 16.2. The normalized spacial score (nSPS) is 9.88. The molecule has 1 aromatic heterocycles. The van der Waals surface area contributed by atoms with Crippen molar-refractivity contribution in [2.24, 2.45) is 0 Å². The van der Waals surface area contributed by atoms with Crippen LogP contribution < -0.4 is 11.1 Å². The molecule has 0 aliphatic heterocycles. The van der Waals surface area contributed by atoms with Gasteiger partial charge in [-0.3, -0.25) is 0 Å². The van der Waals surface area contributed by atoms with Gasteiger partial charge in [-0.05, 0) is 31.7 Å². The lowest BCUT2D eigenvalue weighted by Gasteiger charge is -2.04. The third-order valence-electron chi connectivity index (χ3n) is 2.32. The number of hydrogen-bond donors (Lipinski definition) is 3. The lowest BCUT2D eigenvalue weighted by atomic mass is 10.2. The van der Waals surface area contributed by atoms with Gasteiger partial charge in [0.2, 0.25) is 0 Å². The maximum absolute atomic E-state index is 7.00. The second-order valence-electron chi connectivity index (χ2n) is 3.55. The molecular formula is C12H18N4O. The first-order chi connectivity index (χ1) is 8.20. The molecule has 0 aliphatic carbocycles. The van der Waals surface area contributed by atoms with Crippen LogP contribution in [0.15, 0.2) is 18.2 Å². The summed E-state index contributed by atoms with van der Waals surface area (Å²) in [6, 6.07) is 6.03. The van der Waals surface area contributed by atoms with E-state index in [-0.39, 0.29) is 0 Å². The van der Waals surface area contributed by atoms with Gasteiger partial charge in [0.15, 0.2) is 0 Å². The molecule has 2 aromatic rings. The predicted molar refractivity (Wildman–Crippen MR) is 69.6 cm³/mol. The largest absolute Gasteiger partial charge is 0.400 e. The fourth-order valence-electron chi connectivity index (χ4n) is 1.52. The fraction of sp³-hybridized carbons (Fsp3) is 0.333. The molecule has 1 aromatic carbocycles. The summed E-state index contributed by atoms with van der Waals surface area (Å²) in [6.07, 6.45) is 0. The van der Waals surface area contributed by atoms with Crippen LogP contribution in [0.25, 0.3) is 11.0 Å². The Kier molecular flexibility index (Phi) is 4.81. The van der Waals surface area contributed by atoms with E-state index in [1.54, 1.807) is 0 Å². The van der Waals surface area contributed by atoms with Gasteiger partial charge in [0.1, 0.15) is 5.82 Å². The summed E-state index contributed by atoms with van der Waals surface area (Å²) in [5.74, 6) is 0.504. The van der Waals surface area contributed by atoms with E-state index in [4.69, 9.17) is 10.8 Å². The number of rotatable bonds is 2. The Morgan fingerprint density at radius 3 is 2.59 bits per heavy atom. The first kappa shape index (κ1) is 13.3. The van der Waals surface area contributed by atoms with Gasteiger partial charge in [-0.1, -0.05) is 6.07 Å². The number of anilines is 1. The second kappa shape index (κ2) is 6.12. The summed E-state index contributed by atoms with van der Waals surface area (Å²) < 4.78 is 0. The first-order valence-electron chi connectivity index (χ1n) is 5.33. The minimum atomic E-state index is 0.504.